The molecule has 1 amide bonds. The van der Waals surface area contributed by atoms with Crippen molar-refractivity contribution in [1.29, 1.82) is 0 Å². The van der Waals surface area contributed by atoms with Gasteiger partial charge in [-0.15, -0.1) is 0 Å². The Morgan fingerprint density at radius 2 is 2.00 bits per heavy atom. The molecule has 1 N–H and O–H groups in total. The van der Waals surface area contributed by atoms with Gasteiger partial charge in [0.2, 0.25) is 0 Å². The van der Waals surface area contributed by atoms with Gasteiger partial charge in [-0.3, -0.25) is 4.79 Å². The molecule has 0 unspecified atom stereocenters. The van der Waals surface area contributed by atoms with E-state index in [0.717, 1.165) is 6.07 Å². The summed E-state index contributed by atoms with van der Waals surface area (Å²) in [7, 11) is 0. The van der Waals surface area contributed by atoms with Crippen LogP contribution in [0.4, 0.5) is 4.39 Å². The van der Waals surface area contributed by atoms with Gasteiger partial charge in [0.15, 0.2) is 6.29 Å². The van der Waals surface area contributed by atoms with Crippen LogP contribution in [0.1, 0.15) is 24.2 Å². The van der Waals surface area contributed by atoms with E-state index in [1.807, 2.05) is 13.8 Å². The van der Waals surface area contributed by atoms with Crippen molar-refractivity contribution in [3.05, 3.63) is 34.6 Å². The van der Waals surface area contributed by atoms with Crippen molar-refractivity contribution in [2.45, 2.75) is 20.1 Å². The number of rotatable bonds is 7. The Labute approximate surface area is 116 Å². The Balaban J connectivity index is 2.56. The zero-order valence-corrected chi connectivity index (χ0v) is 11.7. The van der Waals surface area contributed by atoms with Gasteiger partial charge in [0.1, 0.15) is 5.82 Å². The van der Waals surface area contributed by atoms with Crippen LogP contribution < -0.4 is 5.32 Å². The fourth-order valence-electron chi connectivity index (χ4n) is 1.45. The number of nitrogens with one attached hydrogen (secondary N) is 1. The minimum atomic E-state index is -0.556. The van der Waals surface area contributed by atoms with Crippen molar-refractivity contribution >= 4 is 17.5 Å². The smallest absolute Gasteiger partial charge is 0.251 e. The van der Waals surface area contributed by atoms with Gasteiger partial charge in [-0.2, -0.15) is 0 Å². The molecule has 1 rings (SSSR count). The summed E-state index contributed by atoms with van der Waals surface area (Å²) in [6, 6.07) is 3.80. The quantitative estimate of drug-likeness (QED) is 0.785. The normalized spacial score (nSPS) is 10.8. The van der Waals surface area contributed by atoms with Crippen LogP contribution in [0, 0.1) is 5.82 Å². The molecule has 0 heterocycles. The highest BCUT2D eigenvalue weighted by molar-refractivity contribution is 6.31. The number of amides is 1. The van der Waals surface area contributed by atoms with E-state index in [9.17, 15) is 9.18 Å². The van der Waals surface area contributed by atoms with Crippen LogP contribution in [0.5, 0.6) is 0 Å². The SMILES string of the molecule is CCOC(CNC(=O)c1ccc(F)c(Cl)c1)OCC. The minimum Gasteiger partial charge on any atom is -0.351 e. The molecule has 4 nitrogen and oxygen atoms in total. The number of hydrogen-bond acceptors (Lipinski definition) is 3. The van der Waals surface area contributed by atoms with Crippen molar-refractivity contribution in [3.63, 3.8) is 0 Å². The summed E-state index contributed by atoms with van der Waals surface area (Å²) in [5.41, 5.74) is 0.290. The van der Waals surface area contributed by atoms with E-state index in [0.29, 0.717) is 13.2 Å². The molecule has 0 spiro atoms. The highest BCUT2D eigenvalue weighted by Gasteiger charge is 2.12. The van der Waals surface area contributed by atoms with E-state index >= 15 is 0 Å². The molecular weight excluding hydrogens is 273 g/mol. The average Bonchev–Trinajstić information content (AvgIpc) is 2.39. The Morgan fingerprint density at radius 1 is 1.37 bits per heavy atom. The first-order valence-electron chi connectivity index (χ1n) is 6.04. The van der Waals surface area contributed by atoms with Crippen molar-refractivity contribution in [2.24, 2.45) is 0 Å². The maximum absolute atomic E-state index is 13.0. The van der Waals surface area contributed by atoms with E-state index in [4.69, 9.17) is 21.1 Å². The van der Waals surface area contributed by atoms with Crippen LogP contribution in [0.2, 0.25) is 5.02 Å². The topological polar surface area (TPSA) is 47.6 Å². The van der Waals surface area contributed by atoms with E-state index in [-0.39, 0.29) is 23.0 Å². The van der Waals surface area contributed by atoms with E-state index in [2.05, 4.69) is 5.32 Å². The third-order valence-electron chi connectivity index (χ3n) is 2.32. The Bertz CT molecular complexity index is 422. The Hall–Kier alpha value is -1.17. The summed E-state index contributed by atoms with van der Waals surface area (Å²) >= 11 is 5.62. The first kappa shape index (κ1) is 15.9. The maximum Gasteiger partial charge on any atom is 0.251 e. The standard InChI is InChI=1S/C13H17ClFNO3/c1-3-18-12(19-4-2)8-16-13(17)9-5-6-11(15)10(14)7-9/h5-7,12H,3-4,8H2,1-2H3,(H,16,17). The van der Waals surface area contributed by atoms with Crippen LogP contribution in [-0.2, 0) is 9.47 Å². The third-order valence-corrected chi connectivity index (χ3v) is 2.61. The number of carbonyl (C=O) groups is 1. The van der Waals surface area contributed by atoms with E-state index in [1.54, 1.807) is 0 Å². The first-order valence-corrected chi connectivity index (χ1v) is 6.42. The summed E-state index contributed by atoms with van der Waals surface area (Å²) in [5, 5.41) is 2.56. The summed E-state index contributed by atoms with van der Waals surface area (Å²) in [5.74, 6) is -0.911. The van der Waals surface area contributed by atoms with Gasteiger partial charge in [-0.05, 0) is 32.0 Å². The number of halogens is 2. The second-order valence-electron chi connectivity index (χ2n) is 3.68. The largest absolute Gasteiger partial charge is 0.351 e. The van der Waals surface area contributed by atoms with Gasteiger partial charge >= 0.3 is 0 Å². The van der Waals surface area contributed by atoms with Gasteiger partial charge in [-0.25, -0.2) is 4.39 Å². The number of benzene rings is 1. The second-order valence-corrected chi connectivity index (χ2v) is 4.09. The lowest BCUT2D eigenvalue weighted by Gasteiger charge is -2.17. The maximum atomic E-state index is 13.0. The van der Waals surface area contributed by atoms with Crippen molar-refractivity contribution in [2.75, 3.05) is 19.8 Å². The van der Waals surface area contributed by atoms with Crippen molar-refractivity contribution in [3.8, 4) is 0 Å². The van der Waals surface area contributed by atoms with E-state index < -0.39 is 12.1 Å². The predicted octanol–water partition coefficient (Wildman–Crippen LogP) is 2.61. The van der Waals surface area contributed by atoms with Gasteiger partial charge in [0.05, 0.1) is 11.6 Å². The summed E-state index contributed by atoms with van der Waals surface area (Å²) < 4.78 is 23.6. The lowest BCUT2D eigenvalue weighted by molar-refractivity contribution is -0.131. The van der Waals surface area contributed by atoms with Gasteiger partial charge in [0.25, 0.3) is 5.91 Å². The lowest BCUT2D eigenvalue weighted by atomic mass is 10.2. The summed E-state index contributed by atoms with van der Waals surface area (Å²) in [6.07, 6.45) is -0.491. The zero-order chi connectivity index (χ0) is 14.3. The van der Waals surface area contributed by atoms with Crippen LogP contribution in [0.15, 0.2) is 18.2 Å². The molecule has 0 aromatic heterocycles. The van der Waals surface area contributed by atoms with Gasteiger partial charge in [0, 0.05) is 18.8 Å². The molecule has 0 aliphatic carbocycles. The first-order chi connectivity index (χ1) is 9.08. The molecule has 0 atom stereocenters. The molecule has 6 heteroatoms. The lowest BCUT2D eigenvalue weighted by Crippen LogP contribution is -2.35. The number of hydrogen-bond donors (Lipinski definition) is 1. The average molecular weight is 290 g/mol. The molecule has 0 fully saturated rings. The third kappa shape index (κ3) is 5.14. The molecule has 106 valence electrons. The highest BCUT2D eigenvalue weighted by Crippen LogP contribution is 2.15. The highest BCUT2D eigenvalue weighted by atomic mass is 35.5. The predicted molar refractivity (Wildman–Crippen MR) is 70.8 cm³/mol. The molecule has 0 radical (unpaired) electrons. The van der Waals surface area contributed by atoms with Gasteiger partial charge in [-0.1, -0.05) is 11.6 Å². The fourth-order valence-corrected chi connectivity index (χ4v) is 1.63. The van der Waals surface area contributed by atoms with Crippen LogP contribution in [0.3, 0.4) is 0 Å². The number of carbonyl (C=O) groups excluding carboxylic acids is 1. The minimum absolute atomic E-state index is 0.0844. The molecule has 0 bridgehead atoms. The molecule has 0 aliphatic rings. The summed E-state index contributed by atoms with van der Waals surface area (Å²) in [4.78, 5) is 11.8. The molecule has 0 saturated carbocycles. The monoisotopic (exact) mass is 289 g/mol. The Kier molecular flexibility index (Phi) is 6.77. The van der Waals surface area contributed by atoms with Crippen LogP contribution in [-0.4, -0.2) is 32.0 Å². The van der Waals surface area contributed by atoms with Crippen molar-refractivity contribution < 1.29 is 18.7 Å². The van der Waals surface area contributed by atoms with Gasteiger partial charge < -0.3 is 14.8 Å². The van der Waals surface area contributed by atoms with Crippen molar-refractivity contribution in [1.82, 2.24) is 5.32 Å². The molecule has 1 aromatic carbocycles. The molecule has 1 aromatic rings. The molecule has 19 heavy (non-hydrogen) atoms. The Morgan fingerprint density at radius 3 is 2.53 bits per heavy atom. The molecule has 0 saturated heterocycles. The second kappa shape index (κ2) is 8.09. The van der Waals surface area contributed by atoms with Crippen LogP contribution in [0.25, 0.3) is 0 Å². The number of ether oxygens (including phenoxy) is 2. The fraction of sp³-hybridized carbons (Fsp3) is 0.462. The zero-order valence-electron chi connectivity index (χ0n) is 10.9. The van der Waals surface area contributed by atoms with E-state index in [1.165, 1.54) is 12.1 Å². The summed E-state index contributed by atoms with van der Waals surface area (Å²) in [6.45, 7) is 4.88. The van der Waals surface area contributed by atoms with Crippen LogP contribution >= 0.6 is 11.6 Å². The molecular formula is C13H17ClFNO3. The molecule has 0 aliphatic heterocycles.